The van der Waals surface area contributed by atoms with Crippen molar-refractivity contribution in [3.05, 3.63) is 71.5 Å². The second-order valence-corrected chi connectivity index (χ2v) is 6.25. The molecule has 0 spiro atoms. The highest BCUT2D eigenvalue weighted by Crippen LogP contribution is 2.28. The van der Waals surface area contributed by atoms with Crippen molar-refractivity contribution in [3.63, 3.8) is 0 Å². The summed E-state index contributed by atoms with van der Waals surface area (Å²) in [6, 6.07) is 18.5. The van der Waals surface area contributed by atoms with Crippen molar-refractivity contribution in [3.8, 4) is 17.5 Å². The summed E-state index contributed by atoms with van der Waals surface area (Å²) in [6.45, 7) is 1.18. The number of carbonyl (C=O) groups excluding carboxylic acids is 1. The summed E-state index contributed by atoms with van der Waals surface area (Å²) in [7, 11) is 0. The topological polar surface area (TPSA) is 83.0 Å². The van der Waals surface area contributed by atoms with Crippen LogP contribution in [0.4, 0.5) is 0 Å². The molecule has 26 heavy (non-hydrogen) atoms. The van der Waals surface area contributed by atoms with Crippen LogP contribution in [0, 0.1) is 11.3 Å². The highest BCUT2D eigenvalue weighted by atomic mass is 16.5. The van der Waals surface area contributed by atoms with Crippen LogP contribution >= 0.6 is 0 Å². The molecule has 0 radical (unpaired) electrons. The summed E-state index contributed by atoms with van der Waals surface area (Å²) in [6.07, 6.45) is 0.789. The van der Waals surface area contributed by atoms with E-state index in [0.29, 0.717) is 35.9 Å². The molecule has 1 amide bonds. The maximum Gasteiger partial charge on any atom is 0.257 e. The van der Waals surface area contributed by atoms with Crippen LogP contribution in [0.15, 0.2) is 59.1 Å². The number of carbonyl (C=O) groups is 1. The molecule has 1 aromatic heterocycles. The molecule has 2 heterocycles. The lowest BCUT2D eigenvalue weighted by Gasteiger charge is -2.16. The van der Waals surface area contributed by atoms with Crippen molar-refractivity contribution in [2.24, 2.45) is 0 Å². The Labute approximate surface area is 150 Å². The van der Waals surface area contributed by atoms with Crippen LogP contribution in [-0.4, -0.2) is 34.0 Å². The summed E-state index contributed by atoms with van der Waals surface area (Å²) in [5.74, 6) is 1.10. The van der Waals surface area contributed by atoms with Crippen molar-refractivity contribution in [2.45, 2.75) is 12.3 Å². The Hall–Kier alpha value is -3.46. The van der Waals surface area contributed by atoms with E-state index in [9.17, 15) is 4.79 Å². The van der Waals surface area contributed by atoms with E-state index < -0.39 is 0 Å². The first-order valence-corrected chi connectivity index (χ1v) is 8.43. The van der Waals surface area contributed by atoms with E-state index in [0.717, 1.165) is 12.0 Å². The van der Waals surface area contributed by atoms with Crippen molar-refractivity contribution < 1.29 is 9.32 Å². The molecular weight excluding hydrogens is 328 g/mol. The average Bonchev–Trinajstić information content (AvgIpc) is 3.38. The third-order valence-corrected chi connectivity index (χ3v) is 4.54. The molecule has 0 aliphatic carbocycles. The number of aromatic nitrogens is 2. The first-order chi connectivity index (χ1) is 12.7. The van der Waals surface area contributed by atoms with E-state index in [-0.39, 0.29) is 11.8 Å². The zero-order valence-electron chi connectivity index (χ0n) is 14.0. The predicted molar refractivity (Wildman–Crippen MR) is 94.2 cm³/mol. The standard InChI is InChI=1S/C20H16N4O2/c21-12-14-5-4-8-16(11-14)20(25)24-10-9-17(13-24)18-22-19(26-23-18)15-6-2-1-3-7-15/h1-8,11,17H,9-10,13H2/t17-/m0/s1. The monoisotopic (exact) mass is 344 g/mol. The largest absolute Gasteiger partial charge is 0.338 e. The molecule has 2 aromatic carbocycles. The minimum Gasteiger partial charge on any atom is -0.338 e. The van der Waals surface area contributed by atoms with Gasteiger partial charge in [0.1, 0.15) is 0 Å². The van der Waals surface area contributed by atoms with Gasteiger partial charge < -0.3 is 9.42 Å². The van der Waals surface area contributed by atoms with E-state index in [2.05, 4.69) is 16.2 Å². The van der Waals surface area contributed by atoms with Crippen molar-refractivity contribution in [1.29, 1.82) is 5.26 Å². The number of benzene rings is 2. The van der Waals surface area contributed by atoms with Gasteiger partial charge in [0.2, 0.25) is 0 Å². The first-order valence-electron chi connectivity index (χ1n) is 8.43. The second kappa shape index (κ2) is 6.81. The Morgan fingerprint density at radius 2 is 2.04 bits per heavy atom. The van der Waals surface area contributed by atoms with Crippen LogP contribution in [0.5, 0.6) is 0 Å². The lowest BCUT2D eigenvalue weighted by Crippen LogP contribution is -2.28. The maximum absolute atomic E-state index is 12.7. The van der Waals surface area contributed by atoms with Gasteiger partial charge in [0.15, 0.2) is 5.82 Å². The van der Waals surface area contributed by atoms with Gasteiger partial charge in [-0.1, -0.05) is 29.4 Å². The molecule has 128 valence electrons. The van der Waals surface area contributed by atoms with E-state index >= 15 is 0 Å². The van der Waals surface area contributed by atoms with Gasteiger partial charge in [-0.25, -0.2) is 0 Å². The van der Waals surface area contributed by atoms with Gasteiger partial charge in [0.05, 0.1) is 11.6 Å². The normalized spacial score (nSPS) is 16.4. The summed E-state index contributed by atoms with van der Waals surface area (Å²) < 4.78 is 5.37. The highest BCUT2D eigenvalue weighted by molar-refractivity contribution is 5.94. The van der Waals surface area contributed by atoms with Crippen LogP contribution in [0.1, 0.15) is 34.1 Å². The fourth-order valence-corrected chi connectivity index (χ4v) is 3.16. The van der Waals surface area contributed by atoms with Crippen LogP contribution in [0.25, 0.3) is 11.5 Å². The quantitative estimate of drug-likeness (QED) is 0.728. The maximum atomic E-state index is 12.7. The molecule has 6 nitrogen and oxygen atoms in total. The fourth-order valence-electron chi connectivity index (χ4n) is 3.16. The molecule has 3 aromatic rings. The minimum atomic E-state index is -0.0728. The van der Waals surface area contributed by atoms with Crippen molar-refractivity contribution in [2.75, 3.05) is 13.1 Å². The Bertz CT molecular complexity index is 975. The first kappa shape index (κ1) is 16.0. The van der Waals surface area contributed by atoms with Gasteiger partial charge in [-0.15, -0.1) is 0 Å². The van der Waals surface area contributed by atoms with E-state index in [1.54, 1.807) is 29.2 Å². The Kier molecular flexibility index (Phi) is 4.20. The van der Waals surface area contributed by atoms with Crippen molar-refractivity contribution in [1.82, 2.24) is 15.0 Å². The molecule has 0 N–H and O–H groups in total. The molecule has 1 saturated heterocycles. The zero-order chi connectivity index (χ0) is 17.9. The molecule has 1 aliphatic rings. The number of nitrogens with zero attached hydrogens (tertiary/aromatic N) is 4. The number of rotatable bonds is 3. The summed E-state index contributed by atoms with van der Waals surface area (Å²) in [5.41, 5.74) is 1.89. The van der Waals surface area contributed by atoms with Gasteiger partial charge in [0.25, 0.3) is 11.8 Å². The lowest BCUT2D eigenvalue weighted by molar-refractivity contribution is 0.0790. The zero-order valence-corrected chi connectivity index (χ0v) is 14.0. The van der Waals surface area contributed by atoms with E-state index in [1.807, 2.05) is 30.3 Å². The van der Waals surface area contributed by atoms with Crippen LogP contribution in [0.2, 0.25) is 0 Å². The molecule has 0 unspecified atom stereocenters. The Balaban J connectivity index is 1.48. The predicted octanol–water partition coefficient (Wildman–Crippen LogP) is 3.24. The minimum absolute atomic E-state index is 0.0549. The molecule has 0 bridgehead atoms. The van der Waals surface area contributed by atoms with E-state index in [4.69, 9.17) is 9.78 Å². The number of nitriles is 1. The van der Waals surface area contributed by atoms with Gasteiger partial charge in [-0.05, 0) is 36.8 Å². The molecule has 1 fully saturated rings. The second-order valence-electron chi connectivity index (χ2n) is 6.25. The fraction of sp³-hybridized carbons (Fsp3) is 0.200. The summed E-state index contributed by atoms with van der Waals surface area (Å²) in [4.78, 5) is 18.9. The van der Waals surface area contributed by atoms with Crippen LogP contribution in [-0.2, 0) is 0 Å². The Morgan fingerprint density at radius 1 is 1.19 bits per heavy atom. The van der Waals surface area contributed by atoms with Crippen LogP contribution < -0.4 is 0 Å². The third kappa shape index (κ3) is 3.07. The molecule has 0 saturated carbocycles. The number of likely N-dealkylation sites (tertiary alicyclic amines) is 1. The smallest absolute Gasteiger partial charge is 0.257 e. The molecule has 1 aliphatic heterocycles. The molecule has 4 rings (SSSR count). The average molecular weight is 344 g/mol. The Morgan fingerprint density at radius 3 is 2.85 bits per heavy atom. The summed E-state index contributed by atoms with van der Waals surface area (Å²) in [5, 5.41) is 13.1. The van der Waals surface area contributed by atoms with Crippen molar-refractivity contribution >= 4 is 5.91 Å². The molecular formula is C20H16N4O2. The highest BCUT2D eigenvalue weighted by Gasteiger charge is 2.31. The number of hydrogen-bond donors (Lipinski definition) is 0. The third-order valence-electron chi connectivity index (χ3n) is 4.54. The lowest BCUT2D eigenvalue weighted by atomic mass is 10.1. The van der Waals surface area contributed by atoms with Gasteiger partial charge >= 0.3 is 0 Å². The van der Waals surface area contributed by atoms with Gasteiger partial charge in [-0.2, -0.15) is 10.2 Å². The van der Waals surface area contributed by atoms with E-state index in [1.165, 1.54) is 0 Å². The molecule has 1 atom stereocenters. The SMILES string of the molecule is N#Cc1cccc(C(=O)N2CC[C@H](c3noc(-c4ccccc4)n3)C2)c1. The number of hydrogen-bond acceptors (Lipinski definition) is 5. The molecule has 6 heteroatoms. The summed E-state index contributed by atoms with van der Waals surface area (Å²) >= 11 is 0. The van der Waals surface area contributed by atoms with Gasteiger partial charge in [0, 0.05) is 30.1 Å². The number of amides is 1. The van der Waals surface area contributed by atoms with Crippen LogP contribution in [0.3, 0.4) is 0 Å². The van der Waals surface area contributed by atoms with Gasteiger partial charge in [-0.3, -0.25) is 4.79 Å².